The van der Waals surface area contributed by atoms with Crippen molar-refractivity contribution in [3.05, 3.63) is 15.6 Å². The maximum atomic E-state index is 10.7. The molecule has 0 aromatic carbocycles. The van der Waals surface area contributed by atoms with Crippen molar-refractivity contribution in [3.8, 4) is 0 Å². The van der Waals surface area contributed by atoms with Gasteiger partial charge in [-0.25, -0.2) is 4.98 Å². The summed E-state index contributed by atoms with van der Waals surface area (Å²) in [6.07, 6.45) is 0.799. The quantitative estimate of drug-likeness (QED) is 0.538. The van der Waals surface area contributed by atoms with Crippen molar-refractivity contribution in [3.63, 3.8) is 0 Å². The molecule has 1 aliphatic heterocycles. The van der Waals surface area contributed by atoms with Gasteiger partial charge in [-0.3, -0.25) is 4.90 Å². The van der Waals surface area contributed by atoms with Gasteiger partial charge in [-0.1, -0.05) is 0 Å². The Labute approximate surface area is 122 Å². The fourth-order valence-electron chi connectivity index (χ4n) is 2.03. The standard InChI is InChI=1S/C11H16N2O3S.Li/c1-7(6-16-2)13-4-3-8-9(5-13)17-10(12-8)11(14)15;/h7H,3-6H2,1-2H3,(H,14,15);/q;+1/p-1. The molecule has 0 amide bonds. The van der Waals surface area contributed by atoms with Gasteiger partial charge in [0.25, 0.3) is 0 Å². The number of hydrogen-bond donors (Lipinski definition) is 0. The zero-order valence-electron chi connectivity index (χ0n) is 10.9. The summed E-state index contributed by atoms with van der Waals surface area (Å²) in [5.41, 5.74) is 0.912. The van der Waals surface area contributed by atoms with Crippen molar-refractivity contribution >= 4 is 17.3 Å². The van der Waals surface area contributed by atoms with Gasteiger partial charge >= 0.3 is 18.9 Å². The topological polar surface area (TPSA) is 65.5 Å². The molecule has 0 saturated heterocycles. The number of hydrogen-bond acceptors (Lipinski definition) is 6. The summed E-state index contributed by atoms with van der Waals surface area (Å²) < 4.78 is 5.13. The number of ether oxygens (including phenoxy) is 1. The third-order valence-electron chi connectivity index (χ3n) is 2.97. The minimum Gasteiger partial charge on any atom is -0.542 e. The van der Waals surface area contributed by atoms with Crippen molar-refractivity contribution in [2.24, 2.45) is 0 Å². The van der Waals surface area contributed by atoms with Crippen LogP contribution in [-0.4, -0.2) is 42.2 Å². The Morgan fingerprint density at radius 2 is 2.39 bits per heavy atom. The number of carboxylic acids is 1. The number of thiazole rings is 1. The molecule has 2 rings (SSSR count). The molecule has 2 heterocycles. The van der Waals surface area contributed by atoms with Crippen LogP contribution in [0.2, 0.25) is 0 Å². The molecule has 0 fully saturated rings. The number of rotatable bonds is 4. The molecular weight excluding hydrogens is 247 g/mol. The second kappa shape index (κ2) is 6.69. The molecule has 0 aliphatic carbocycles. The van der Waals surface area contributed by atoms with Crippen LogP contribution in [0, 0.1) is 0 Å². The minimum absolute atomic E-state index is 0. The van der Waals surface area contributed by atoms with Crippen molar-refractivity contribution < 1.29 is 33.5 Å². The normalized spacial score (nSPS) is 16.8. The first-order valence-electron chi connectivity index (χ1n) is 5.54. The SMILES string of the molecule is COCC(C)N1CCc2nc(C(=O)[O-])sc2C1.[Li+]. The predicted octanol–water partition coefficient (Wildman–Crippen LogP) is -3.10. The maximum absolute atomic E-state index is 10.7. The molecule has 5 nitrogen and oxygen atoms in total. The molecule has 0 saturated carbocycles. The molecular formula is C11H15LiN2O3S. The molecule has 0 bridgehead atoms. The average Bonchev–Trinajstić information content (AvgIpc) is 2.71. The van der Waals surface area contributed by atoms with Crippen molar-refractivity contribution in [2.45, 2.75) is 25.9 Å². The summed E-state index contributed by atoms with van der Waals surface area (Å²) in [5.74, 6) is -1.18. The second-order valence-corrected chi connectivity index (χ2v) is 5.28. The Morgan fingerprint density at radius 1 is 1.67 bits per heavy atom. The summed E-state index contributed by atoms with van der Waals surface area (Å²) in [6, 6.07) is 0.335. The van der Waals surface area contributed by atoms with Crippen LogP contribution in [0.5, 0.6) is 0 Å². The van der Waals surface area contributed by atoms with E-state index in [2.05, 4.69) is 16.8 Å². The average molecular weight is 262 g/mol. The molecule has 1 aromatic heterocycles. The van der Waals surface area contributed by atoms with Gasteiger partial charge in [0, 0.05) is 37.5 Å². The number of aromatic nitrogens is 1. The molecule has 1 aliphatic rings. The van der Waals surface area contributed by atoms with Gasteiger partial charge in [0.15, 0.2) is 0 Å². The zero-order chi connectivity index (χ0) is 12.4. The van der Waals surface area contributed by atoms with E-state index >= 15 is 0 Å². The van der Waals surface area contributed by atoms with E-state index in [0.29, 0.717) is 12.6 Å². The largest absolute Gasteiger partial charge is 1.00 e. The monoisotopic (exact) mass is 262 g/mol. The van der Waals surface area contributed by atoms with E-state index in [-0.39, 0.29) is 23.9 Å². The number of methoxy groups -OCH3 is 1. The number of fused-ring (bicyclic) bond motifs is 1. The van der Waals surface area contributed by atoms with E-state index in [1.54, 1.807) is 7.11 Å². The molecule has 94 valence electrons. The summed E-state index contributed by atoms with van der Waals surface area (Å²) >= 11 is 1.23. The van der Waals surface area contributed by atoms with Crippen LogP contribution < -0.4 is 24.0 Å². The first kappa shape index (κ1) is 15.7. The van der Waals surface area contributed by atoms with Gasteiger partial charge in [-0.15, -0.1) is 11.3 Å². The molecule has 0 N–H and O–H groups in total. The Balaban J connectivity index is 0.00000162. The predicted molar refractivity (Wildman–Crippen MR) is 61.9 cm³/mol. The Hall–Kier alpha value is -0.383. The van der Waals surface area contributed by atoms with Crippen LogP contribution in [0.4, 0.5) is 0 Å². The first-order chi connectivity index (χ1) is 8.11. The molecule has 0 spiro atoms. The number of carbonyl (C=O) groups excluding carboxylic acids is 1. The van der Waals surface area contributed by atoms with E-state index in [1.165, 1.54) is 11.3 Å². The number of carboxylic acid groups (broad SMARTS) is 1. The third kappa shape index (κ3) is 3.34. The van der Waals surface area contributed by atoms with Crippen LogP contribution in [-0.2, 0) is 17.7 Å². The fraction of sp³-hybridized carbons (Fsp3) is 0.636. The van der Waals surface area contributed by atoms with Crippen LogP contribution >= 0.6 is 11.3 Å². The van der Waals surface area contributed by atoms with Crippen LogP contribution in [0.15, 0.2) is 0 Å². The van der Waals surface area contributed by atoms with Gasteiger partial charge in [-0.05, 0) is 6.92 Å². The zero-order valence-corrected chi connectivity index (χ0v) is 11.7. The smallest absolute Gasteiger partial charge is 0.542 e. The summed E-state index contributed by atoms with van der Waals surface area (Å²) in [4.78, 5) is 18.1. The van der Waals surface area contributed by atoms with Crippen molar-refractivity contribution in [1.29, 1.82) is 0 Å². The molecule has 18 heavy (non-hydrogen) atoms. The van der Waals surface area contributed by atoms with E-state index in [0.717, 1.165) is 30.1 Å². The van der Waals surface area contributed by atoms with E-state index in [4.69, 9.17) is 4.74 Å². The first-order valence-corrected chi connectivity index (χ1v) is 6.36. The summed E-state index contributed by atoms with van der Waals surface area (Å²) in [7, 11) is 1.69. The van der Waals surface area contributed by atoms with Crippen LogP contribution in [0.3, 0.4) is 0 Å². The van der Waals surface area contributed by atoms with Gasteiger partial charge in [0.2, 0.25) is 0 Å². The second-order valence-electron chi connectivity index (χ2n) is 4.20. The fourth-order valence-corrected chi connectivity index (χ4v) is 2.99. The van der Waals surface area contributed by atoms with Gasteiger partial charge < -0.3 is 14.6 Å². The van der Waals surface area contributed by atoms with Crippen molar-refractivity contribution in [1.82, 2.24) is 9.88 Å². The van der Waals surface area contributed by atoms with Gasteiger partial charge in [-0.2, -0.15) is 0 Å². The minimum atomic E-state index is -1.18. The Morgan fingerprint density at radius 3 is 3.00 bits per heavy atom. The van der Waals surface area contributed by atoms with E-state index in [9.17, 15) is 9.90 Å². The Kier molecular flexibility index (Phi) is 5.82. The van der Waals surface area contributed by atoms with Gasteiger partial charge in [0.05, 0.1) is 12.3 Å². The molecule has 1 atom stereocenters. The van der Waals surface area contributed by atoms with Crippen LogP contribution in [0.1, 0.15) is 27.3 Å². The molecule has 7 heteroatoms. The maximum Gasteiger partial charge on any atom is 1.00 e. The number of nitrogens with zero attached hydrogens (tertiary/aromatic N) is 2. The van der Waals surface area contributed by atoms with Crippen LogP contribution in [0.25, 0.3) is 0 Å². The van der Waals surface area contributed by atoms with E-state index in [1.807, 2.05) is 0 Å². The number of carbonyl (C=O) groups is 1. The van der Waals surface area contributed by atoms with E-state index < -0.39 is 5.97 Å². The summed E-state index contributed by atoms with van der Waals surface area (Å²) in [6.45, 7) is 4.44. The summed E-state index contributed by atoms with van der Waals surface area (Å²) in [5, 5.41) is 10.8. The Bertz CT molecular complexity index is 424. The molecule has 0 radical (unpaired) electrons. The van der Waals surface area contributed by atoms with Gasteiger partial charge in [0.1, 0.15) is 11.0 Å². The number of aromatic carboxylic acids is 1. The molecule has 1 unspecified atom stereocenters. The third-order valence-corrected chi connectivity index (χ3v) is 4.03. The molecule has 1 aromatic rings. The van der Waals surface area contributed by atoms with Crippen molar-refractivity contribution in [2.75, 3.05) is 20.3 Å².